The molecule has 0 radical (unpaired) electrons. The second-order valence-corrected chi connectivity index (χ2v) is 7.26. The summed E-state index contributed by atoms with van der Waals surface area (Å²) in [7, 11) is 0. The lowest BCUT2D eigenvalue weighted by Crippen LogP contribution is -2.44. The van der Waals surface area contributed by atoms with Crippen molar-refractivity contribution < 1.29 is 23.1 Å². The van der Waals surface area contributed by atoms with E-state index < -0.39 is 12.7 Å². The van der Waals surface area contributed by atoms with Crippen molar-refractivity contribution in [2.45, 2.75) is 51.7 Å². The quantitative estimate of drug-likeness (QED) is 0.788. The number of ether oxygens (including phenoxy) is 1. The Hall–Kier alpha value is -2.18. The molecule has 0 aromatic heterocycles. The van der Waals surface area contributed by atoms with E-state index in [4.69, 9.17) is 0 Å². The van der Waals surface area contributed by atoms with E-state index in [1.165, 1.54) is 6.07 Å². The molecular weight excluding hydrogens is 354 g/mol. The fourth-order valence-corrected chi connectivity index (χ4v) is 3.61. The molecule has 1 N–H and O–H groups in total. The lowest BCUT2D eigenvalue weighted by Gasteiger charge is -2.32. The number of amides is 2. The number of carbonyl (C=O) groups is 2. The highest BCUT2D eigenvalue weighted by Gasteiger charge is 2.36. The second-order valence-electron chi connectivity index (χ2n) is 7.26. The number of nitrogens with one attached hydrogen (secondary N) is 1. The minimum atomic E-state index is -2.91. The Bertz CT molecular complexity index is 671. The molecule has 2 amide bonds. The van der Waals surface area contributed by atoms with Crippen LogP contribution in [0.4, 0.5) is 8.78 Å². The third kappa shape index (κ3) is 4.96. The Labute approximate surface area is 158 Å². The predicted molar refractivity (Wildman–Crippen MR) is 96.3 cm³/mol. The van der Waals surface area contributed by atoms with Gasteiger partial charge in [-0.1, -0.05) is 25.1 Å². The number of para-hydroxylation sites is 1. The summed E-state index contributed by atoms with van der Waals surface area (Å²) in [6.45, 7) is 0.193. The maximum atomic E-state index is 12.7. The zero-order valence-corrected chi connectivity index (χ0v) is 15.5. The van der Waals surface area contributed by atoms with E-state index in [1.807, 2.05) is 11.8 Å². The molecule has 3 rings (SSSR count). The summed E-state index contributed by atoms with van der Waals surface area (Å²) < 4.78 is 29.9. The Morgan fingerprint density at radius 1 is 1.15 bits per heavy atom. The zero-order valence-electron chi connectivity index (χ0n) is 15.5. The number of rotatable bonds is 7. The van der Waals surface area contributed by atoms with Crippen LogP contribution >= 0.6 is 0 Å². The smallest absolute Gasteiger partial charge is 0.387 e. The van der Waals surface area contributed by atoms with E-state index in [0.29, 0.717) is 37.9 Å². The lowest BCUT2D eigenvalue weighted by molar-refractivity contribution is -0.136. The molecule has 0 bridgehead atoms. The first-order valence-electron chi connectivity index (χ1n) is 9.62. The van der Waals surface area contributed by atoms with Gasteiger partial charge in [-0.15, -0.1) is 0 Å². The van der Waals surface area contributed by atoms with Crippen molar-refractivity contribution in [1.82, 2.24) is 10.2 Å². The van der Waals surface area contributed by atoms with Crippen LogP contribution in [0.3, 0.4) is 0 Å². The summed E-state index contributed by atoms with van der Waals surface area (Å²) in [6, 6.07) is 6.16. The molecule has 27 heavy (non-hydrogen) atoms. The molecule has 1 aliphatic heterocycles. The molecule has 5 nitrogen and oxygen atoms in total. The van der Waals surface area contributed by atoms with Crippen LogP contribution in [-0.4, -0.2) is 36.4 Å². The Morgan fingerprint density at radius 2 is 1.81 bits per heavy atom. The Balaban J connectivity index is 1.58. The number of nitrogens with zero attached hydrogens (tertiary/aromatic N) is 1. The van der Waals surface area contributed by atoms with Gasteiger partial charge in [-0.05, 0) is 38.2 Å². The second kappa shape index (κ2) is 8.67. The summed E-state index contributed by atoms with van der Waals surface area (Å²) in [5.74, 6) is 0.256. The van der Waals surface area contributed by atoms with Crippen LogP contribution in [0.15, 0.2) is 24.3 Å². The average Bonchev–Trinajstić information content (AvgIpc) is 3.51. The average molecular weight is 380 g/mol. The van der Waals surface area contributed by atoms with Crippen LogP contribution in [-0.2, 0) is 9.59 Å². The predicted octanol–water partition coefficient (Wildman–Crippen LogP) is 3.50. The summed E-state index contributed by atoms with van der Waals surface area (Å²) >= 11 is 0. The van der Waals surface area contributed by atoms with Gasteiger partial charge in [0, 0.05) is 30.5 Å². The van der Waals surface area contributed by atoms with E-state index in [1.54, 1.807) is 18.2 Å². The molecule has 2 fully saturated rings. The monoisotopic (exact) mass is 380 g/mol. The van der Waals surface area contributed by atoms with Gasteiger partial charge in [0.2, 0.25) is 11.8 Å². The van der Waals surface area contributed by atoms with Gasteiger partial charge < -0.3 is 15.0 Å². The van der Waals surface area contributed by atoms with Crippen molar-refractivity contribution in [1.29, 1.82) is 0 Å². The molecule has 7 heteroatoms. The van der Waals surface area contributed by atoms with E-state index in [9.17, 15) is 18.4 Å². The summed E-state index contributed by atoms with van der Waals surface area (Å²) in [4.78, 5) is 26.7. The molecule has 1 aliphatic carbocycles. The molecule has 1 unspecified atom stereocenters. The number of halogens is 2. The van der Waals surface area contributed by atoms with Crippen LogP contribution in [0.5, 0.6) is 5.75 Å². The molecule has 1 saturated carbocycles. The van der Waals surface area contributed by atoms with E-state index in [0.717, 1.165) is 12.8 Å². The molecule has 2 aliphatic rings. The maximum Gasteiger partial charge on any atom is 0.387 e. The van der Waals surface area contributed by atoms with Gasteiger partial charge in [0.25, 0.3) is 0 Å². The van der Waals surface area contributed by atoms with Gasteiger partial charge in [0.15, 0.2) is 0 Å². The molecule has 0 spiro atoms. The van der Waals surface area contributed by atoms with Crippen LogP contribution in [0.25, 0.3) is 0 Å². The first-order valence-corrected chi connectivity index (χ1v) is 9.62. The van der Waals surface area contributed by atoms with E-state index >= 15 is 0 Å². The standard InChI is InChI=1S/C20H26F2N2O3/c1-2-16(15-5-3-4-6-17(15)27-20(21)22)23-18(25)13-9-11-24(12-10-13)19(26)14-7-8-14/h3-6,13-14,16,20H,2,7-12H2,1H3,(H,23,25). The third-order valence-corrected chi connectivity index (χ3v) is 5.34. The molecule has 1 aromatic carbocycles. The zero-order chi connectivity index (χ0) is 19.4. The first-order chi connectivity index (χ1) is 13.0. The van der Waals surface area contributed by atoms with Gasteiger partial charge in [-0.25, -0.2) is 0 Å². The number of hydrogen-bond donors (Lipinski definition) is 1. The number of carbonyl (C=O) groups excluding carboxylic acids is 2. The van der Waals surface area contributed by atoms with Crippen LogP contribution in [0.2, 0.25) is 0 Å². The number of piperidine rings is 1. The summed E-state index contributed by atoms with van der Waals surface area (Å²) in [5, 5.41) is 2.98. The van der Waals surface area contributed by atoms with Crippen molar-refractivity contribution in [3.05, 3.63) is 29.8 Å². The summed E-state index contributed by atoms with van der Waals surface area (Å²) in [6.07, 6.45) is 3.80. The highest BCUT2D eigenvalue weighted by atomic mass is 19.3. The fourth-order valence-electron chi connectivity index (χ4n) is 3.61. The van der Waals surface area contributed by atoms with E-state index in [-0.39, 0.29) is 29.4 Å². The molecule has 1 heterocycles. The Morgan fingerprint density at radius 3 is 2.41 bits per heavy atom. The van der Waals surface area contributed by atoms with Gasteiger partial charge >= 0.3 is 6.61 Å². The molecule has 1 atom stereocenters. The first kappa shape index (κ1) is 19.6. The summed E-state index contributed by atoms with van der Waals surface area (Å²) in [5.41, 5.74) is 0.551. The van der Waals surface area contributed by atoms with Gasteiger partial charge in [-0.3, -0.25) is 9.59 Å². The van der Waals surface area contributed by atoms with Gasteiger partial charge in [-0.2, -0.15) is 8.78 Å². The van der Waals surface area contributed by atoms with Gasteiger partial charge in [0.1, 0.15) is 5.75 Å². The van der Waals surface area contributed by atoms with Crippen LogP contribution in [0.1, 0.15) is 50.6 Å². The minimum absolute atomic E-state index is 0.0875. The highest BCUT2D eigenvalue weighted by Crippen LogP contribution is 2.33. The largest absolute Gasteiger partial charge is 0.434 e. The highest BCUT2D eigenvalue weighted by molar-refractivity contribution is 5.82. The lowest BCUT2D eigenvalue weighted by atomic mass is 9.94. The molecule has 1 aromatic rings. The van der Waals surface area contributed by atoms with Crippen molar-refractivity contribution >= 4 is 11.8 Å². The van der Waals surface area contributed by atoms with Crippen LogP contribution in [0, 0.1) is 11.8 Å². The maximum absolute atomic E-state index is 12.7. The van der Waals surface area contributed by atoms with Crippen molar-refractivity contribution in [2.75, 3.05) is 13.1 Å². The van der Waals surface area contributed by atoms with Crippen molar-refractivity contribution in [3.63, 3.8) is 0 Å². The normalized spacial score (nSPS) is 19.0. The number of alkyl halides is 2. The number of hydrogen-bond acceptors (Lipinski definition) is 3. The third-order valence-electron chi connectivity index (χ3n) is 5.34. The van der Waals surface area contributed by atoms with Crippen LogP contribution < -0.4 is 10.1 Å². The molecule has 148 valence electrons. The topological polar surface area (TPSA) is 58.6 Å². The van der Waals surface area contributed by atoms with Crippen molar-refractivity contribution in [2.24, 2.45) is 11.8 Å². The molecular formula is C20H26F2N2O3. The van der Waals surface area contributed by atoms with Crippen molar-refractivity contribution in [3.8, 4) is 5.75 Å². The van der Waals surface area contributed by atoms with E-state index in [2.05, 4.69) is 10.1 Å². The van der Waals surface area contributed by atoms with Gasteiger partial charge in [0.05, 0.1) is 6.04 Å². The number of likely N-dealkylation sites (tertiary alicyclic amines) is 1. The SMILES string of the molecule is CCC(NC(=O)C1CCN(C(=O)C2CC2)CC1)c1ccccc1OC(F)F. The molecule has 1 saturated heterocycles. The number of benzene rings is 1. The fraction of sp³-hybridized carbons (Fsp3) is 0.600. The minimum Gasteiger partial charge on any atom is -0.434 e. The Kier molecular flexibility index (Phi) is 6.29.